The highest BCUT2D eigenvalue weighted by molar-refractivity contribution is 5.80. The molecule has 0 aromatic heterocycles. The second kappa shape index (κ2) is 6.47. The molecule has 1 amide bonds. The number of halogens is 3. The Bertz CT molecular complexity index is 383. The topological polar surface area (TPSA) is 52.9 Å². The van der Waals surface area contributed by atoms with Crippen molar-refractivity contribution in [3.05, 3.63) is 0 Å². The van der Waals surface area contributed by atoms with Crippen molar-refractivity contribution in [3.63, 3.8) is 0 Å². The molecule has 0 aliphatic heterocycles. The molecule has 1 fully saturated rings. The Morgan fingerprint density at radius 2 is 1.80 bits per heavy atom. The third-order valence-electron chi connectivity index (χ3n) is 4.31. The van der Waals surface area contributed by atoms with Crippen molar-refractivity contribution in [2.45, 2.75) is 64.1 Å². The molecule has 1 aliphatic carbocycles. The fraction of sp³-hybridized carbons (Fsp3) is 0.857. The van der Waals surface area contributed by atoms with Crippen LogP contribution in [0.3, 0.4) is 0 Å². The highest BCUT2D eigenvalue weighted by atomic mass is 19.4. The van der Waals surface area contributed by atoms with Crippen LogP contribution in [0.15, 0.2) is 0 Å². The first-order valence-electron chi connectivity index (χ1n) is 7.09. The molecule has 2 unspecified atom stereocenters. The second-order valence-electron chi connectivity index (χ2n) is 5.43. The molecule has 0 aromatic rings. The van der Waals surface area contributed by atoms with E-state index in [2.05, 4.69) is 5.32 Å². The molecule has 20 heavy (non-hydrogen) atoms. The van der Waals surface area contributed by atoms with Crippen molar-refractivity contribution < 1.29 is 18.0 Å². The van der Waals surface area contributed by atoms with Gasteiger partial charge in [0.2, 0.25) is 5.91 Å². The van der Waals surface area contributed by atoms with Gasteiger partial charge in [-0.3, -0.25) is 4.79 Å². The first-order chi connectivity index (χ1) is 9.29. The van der Waals surface area contributed by atoms with Crippen molar-refractivity contribution in [2.75, 3.05) is 0 Å². The van der Waals surface area contributed by atoms with E-state index in [-0.39, 0.29) is 12.8 Å². The number of nitriles is 1. The number of nitrogens with zero attached hydrogens (tertiary/aromatic N) is 1. The fourth-order valence-electron chi connectivity index (χ4n) is 2.78. The summed E-state index contributed by atoms with van der Waals surface area (Å²) >= 11 is 0. The fourth-order valence-corrected chi connectivity index (χ4v) is 2.78. The summed E-state index contributed by atoms with van der Waals surface area (Å²) in [5.41, 5.74) is -1.05. The zero-order chi connectivity index (χ0) is 15.4. The first kappa shape index (κ1) is 16.8. The number of carbonyl (C=O) groups excluding carboxylic acids is 1. The van der Waals surface area contributed by atoms with Gasteiger partial charge in [0.1, 0.15) is 5.54 Å². The minimum Gasteiger partial charge on any atom is -0.338 e. The van der Waals surface area contributed by atoms with Gasteiger partial charge in [0.05, 0.1) is 12.0 Å². The van der Waals surface area contributed by atoms with E-state index in [1.807, 2.05) is 6.07 Å². The van der Waals surface area contributed by atoms with Crippen LogP contribution in [0.1, 0.15) is 52.4 Å². The first-order valence-corrected chi connectivity index (χ1v) is 7.09. The van der Waals surface area contributed by atoms with Crippen LogP contribution < -0.4 is 5.32 Å². The highest BCUT2D eigenvalue weighted by Gasteiger charge is 2.48. The van der Waals surface area contributed by atoms with E-state index >= 15 is 0 Å². The lowest BCUT2D eigenvalue weighted by atomic mass is 9.77. The summed E-state index contributed by atoms with van der Waals surface area (Å²) < 4.78 is 39.0. The number of carbonyl (C=O) groups is 1. The maximum atomic E-state index is 13.0. The molecule has 1 rings (SSSR count). The maximum absolute atomic E-state index is 13.0. The zero-order valence-corrected chi connectivity index (χ0v) is 11.9. The molecule has 0 bridgehead atoms. The van der Waals surface area contributed by atoms with Crippen molar-refractivity contribution in [1.29, 1.82) is 5.26 Å². The van der Waals surface area contributed by atoms with Gasteiger partial charge in [0.15, 0.2) is 0 Å². The minimum atomic E-state index is -4.35. The van der Waals surface area contributed by atoms with Crippen molar-refractivity contribution in [2.24, 2.45) is 11.8 Å². The zero-order valence-electron chi connectivity index (χ0n) is 11.9. The summed E-state index contributed by atoms with van der Waals surface area (Å²) in [4.78, 5) is 12.2. The Hall–Kier alpha value is -1.25. The number of alkyl halides is 3. The smallest absolute Gasteiger partial charge is 0.338 e. The van der Waals surface area contributed by atoms with E-state index in [0.717, 1.165) is 0 Å². The van der Waals surface area contributed by atoms with Gasteiger partial charge >= 0.3 is 6.18 Å². The van der Waals surface area contributed by atoms with Gasteiger partial charge in [-0.1, -0.05) is 26.7 Å². The van der Waals surface area contributed by atoms with Crippen LogP contribution >= 0.6 is 0 Å². The molecule has 2 atom stereocenters. The molecule has 3 nitrogen and oxygen atoms in total. The van der Waals surface area contributed by atoms with Gasteiger partial charge in [-0.25, -0.2) is 0 Å². The van der Waals surface area contributed by atoms with Crippen LogP contribution in [0.4, 0.5) is 13.2 Å². The molecule has 0 spiro atoms. The van der Waals surface area contributed by atoms with Gasteiger partial charge in [-0.15, -0.1) is 0 Å². The molecule has 1 aliphatic rings. The molecule has 0 heterocycles. The molecule has 1 N–H and O–H groups in total. The van der Waals surface area contributed by atoms with Crippen molar-refractivity contribution in [1.82, 2.24) is 5.32 Å². The molecule has 114 valence electrons. The Kier molecular flexibility index (Phi) is 5.43. The van der Waals surface area contributed by atoms with E-state index in [0.29, 0.717) is 25.7 Å². The predicted molar refractivity (Wildman–Crippen MR) is 68.6 cm³/mol. The lowest BCUT2D eigenvalue weighted by molar-refractivity contribution is -0.198. The van der Waals surface area contributed by atoms with Gasteiger partial charge in [-0.05, 0) is 25.7 Å². The Morgan fingerprint density at radius 1 is 1.25 bits per heavy atom. The van der Waals surface area contributed by atoms with Crippen LogP contribution in [0.5, 0.6) is 0 Å². The lowest BCUT2D eigenvalue weighted by Gasteiger charge is -2.34. The summed E-state index contributed by atoms with van der Waals surface area (Å²) in [6.07, 6.45) is -2.22. The quantitative estimate of drug-likeness (QED) is 0.860. The maximum Gasteiger partial charge on any atom is 0.392 e. The van der Waals surface area contributed by atoms with E-state index < -0.39 is 29.5 Å². The van der Waals surface area contributed by atoms with Crippen molar-refractivity contribution >= 4 is 5.91 Å². The van der Waals surface area contributed by atoms with Crippen LogP contribution in [-0.4, -0.2) is 17.6 Å². The minimum absolute atomic E-state index is 0.000605. The largest absolute Gasteiger partial charge is 0.392 e. The monoisotopic (exact) mass is 290 g/mol. The molecule has 0 saturated heterocycles. The van der Waals surface area contributed by atoms with Crippen molar-refractivity contribution in [3.8, 4) is 6.07 Å². The number of hydrogen-bond acceptors (Lipinski definition) is 2. The predicted octanol–water partition coefficient (Wildman–Crippen LogP) is 3.55. The van der Waals surface area contributed by atoms with E-state index in [4.69, 9.17) is 5.26 Å². The summed E-state index contributed by atoms with van der Waals surface area (Å²) in [5, 5.41) is 11.7. The summed E-state index contributed by atoms with van der Waals surface area (Å²) in [6, 6.07) is 2.03. The van der Waals surface area contributed by atoms with Gasteiger partial charge in [0, 0.05) is 5.92 Å². The normalized spacial score (nSPS) is 24.0. The Labute approximate surface area is 117 Å². The number of amides is 1. The third-order valence-corrected chi connectivity index (χ3v) is 4.31. The molecular weight excluding hydrogens is 269 g/mol. The van der Waals surface area contributed by atoms with E-state index in [9.17, 15) is 18.0 Å². The Balaban J connectivity index is 2.86. The third kappa shape index (κ3) is 3.65. The van der Waals surface area contributed by atoms with Crippen LogP contribution in [0, 0.1) is 23.2 Å². The van der Waals surface area contributed by atoms with Gasteiger partial charge in [-0.2, -0.15) is 18.4 Å². The van der Waals surface area contributed by atoms with Gasteiger partial charge < -0.3 is 5.32 Å². The van der Waals surface area contributed by atoms with Crippen LogP contribution in [-0.2, 0) is 4.79 Å². The highest BCUT2D eigenvalue weighted by Crippen LogP contribution is 2.41. The molecule has 0 radical (unpaired) electrons. The summed E-state index contributed by atoms with van der Waals surface area (Å²) in [7, 11) is 0. The van der Waals surface area contributed by atoms with Gasteiger partial charge in [0.25, 0.3) is 0 Å². The molecular formula is C14H21F3N2O. The number of hydrogen-bond donors (Lipinski definition) is 1. The van der Waals surface area contributed by atoms with E-state index in [1.165, 1.54) is 0 Å². The number of nitrogens with one attached hydrogen (secondary N) is 1. The Morgan fingerprint density at radius 3 is 2.25 bits per heavy atom. The summed E-state index contributed by atoms with van der Waals surface area (Å²) in [6.45, 7) is 3.49. The molecule has 6 heteroatoms. The second-order valence-corrected chi connectivity index (χ2v) is 5.43. The SMILES string of the molecule is CCC(C#N)(CC)NC(=O)C1CCCCC1C(F)(F)F. The molecule has 0 aromatic carbocycles. The van der Waals surface area contributed by atoms with Crippen LogP contribution in [0.25, 0.3) is 0 Å². The van der Waals surface area contributed by atoms with E-state index in [1.54, 1.807) is 13.8 Å². The summed E-state index contributed by atoms with van der Waals surface area (Å²) in [5.74, 6) is -3.27. The average molecular weight is 290 g/mol. The number of rotatable bonds is 4. The average Bonchev–Trinajstić information content (AvgIpc) is 2.44. The standard InChI is InChI=1S/C14H21F3N2O/c1-3-13(4-2,9-18)19-12(20)10-7-5-6-8-11(10)14(15,16)17/h10-11H,3-8H2,1-2H3,(H,19,20). The lowest BCUT2D eigenvalue weighted by Crippen LogP contribution is -2.51. The van der Waals surface area contributed by atoms with Crippen LogP contribution in [0.2, 0.25) is 0 Å². The molecule has 1 saturated carbocycles.